The van der Waals surface area contributed by atoms with E-state index in [-0.39, 0.29) is 17.2 Å². The molecular weight excluding hydrogens is 226 g/mol. The number of aromatic nitrogens is 2. The molecule has 1 aliphatic heterocycles. The van der Waals surface area contributed by atoms with Crippen LogP contribution < -0.4 is 10.6 Å². The quantitative estimate of drug-likeness (QED) is 0.741. The molecule has 3 N–H and O–H groups in total. The van der Waals surface area contributed by atoms with Crippen molar-refractivity contribution in [2.24, 2.45) is 5.73 Å². The molecule has 1 unspecified atom stereocenters. The average Bonchev–Trinajstić information content (AvgIpc) is 2.62. The van der Waals surface area contributed by atoms with Crippen molar-refractivity contribution in [3.63, 3.8) is 0 Å². The normalized spacial score (nSPS) is 22.2. The fourth-order valence-corrected chi connectivity index (χ4v) is 2.38. The van der Waals surface area contributed by atoms with E-state index < -0.39 is 0 Å². The van der Waals surface area contributed by atoms with Crippen LogP contribution >= 0.6 is 0 Å². The molecule has 0 aromatic carbocycles. The first-order valence-corrected chi connectivity index (χ1v) is 6.45. The molecule has 1 aromatic rings. The minimum atomic E-state index is -0.0997. The van der Waals surface area contributed by atoms with Crippen LogP contribution in [0.3, 0.4) is 0 Å². The summed E-state index contributed by atoms with van der Waals surface area (Å²) in [5, 5.41) is 7.25. The molecule has 0 spiro atoms. The van der Waals surface area contributed by atoms with Gasteiger partial charge in [-0.05, 0) is 41.5 Å². The molecule has 5 heteroatoms. The van der Waals surface area contributed by atoms with E-state index in [0.717, 1.165) is 18.1 Å². The lowest BCUT2D eigenvalue weighted by Gasteiger charge is -2.50. The van der Waals surface area contributed by atoms with E-state index in [0.29, 0.717) is 0 Å². The third-order valence-electron chi connectivity index (χ3n) is 3.54. The Bertz CT molecular complexity index is 423. The standard InChI is InChI=1S/C13H25N5/c1-12(2,3)17-8-18(13(4,5)6)11-9(10(17)14)7-15-16-11/h7,10H,8,14H2,1-6H3,(H,15,16). The fraction of sp³-hybridized carbons (Fsp3) is 0.769. The highest BCUT2D eigenvalue weighted by Gasteiger charge is 2.39. The minimum Gasteiger partial charge on any atom is -0.339 e. The number of nitrogens with zero attached hydrogens (tertiary/aromatic N) is 3. The Balaban J connectivity index is 2.45. The van der Waals surface area contributed by atoms with Gasteiger partial charge in [-0.25, -0.2) is 0 Å². The van der Waals surface area contributed by atoms with Gasteiger partial charge in [-0.2, -0.15) is 5.10 Å². The number of hydrogen-bond acceptors (Lipinski definition) is 4. The van der Waals surface area contributed by atoms with Crippen molar-refractivity contribution in [3.05, 3.63) is 11.8 Å². The van der Waals surface area contributed by atoms with E-state index in [9.17, 15) is 0 Å². The summed E-state index contributed by atoms with van der Waals surface area (Å²) < 4.78 is 0. The molecule has 1 atom stereocenters. The molecule has 18 heavy (non-hydrogen) atoms. The van der Waals surface area contributed by atoms with E-state index in [2.05, 4.69) is 61.5 Å². The fourth-order valence-electron chi connectivity index (χ4n) is 2.38. The lowest BCUT2D eigenvalue weighted by molar-refractivity contribution is 0.0690. The summed E-state index contributed by atoms with van der Waals surface area (Å²) in [6.45, 7) is 14.0. The first-order valence-electron chi connectivity index (χ1n) is 6.45. The zero-order valence-corrected chi connectivity index (χ0v) is 12.3. The van der Waals surface area contributed by atoms with E-state index in [4.69, 9.17) is 5.73 Å². The molecule has 2 heterocycles. The Morgan fingerprint density at radius 1 is 1.22 bits per heavy atom. The van der Waals surface area contributed by atoms with Gasteiger partial charge in [0.1, 0.15) is 5.82 Å². The number of aromatic amines is 1. The first-order chi connectivity index (χ1) is 8.12. The van der Waals surface area contributed by atoms with E-state index in [1.165, 1.54) is 0 Å². The summed E-state index contributed by atoms with van der Waals surface area (Å²) in [6, 6.07) is 0. The SMILES string of the molecule is CC(C)(C)N1CN(C(C)(C)C)C(N)c2cn[nH]c21. The smallest absolute Gasteiger partial charge is 0.131 e. The monoisotopic (exact) mass is 251 g/mol. The Morgan fingerprint density at radius 3 is 2.33 bits per heavy atom. The van der Waals surface area contributed by atoms with Gasteiger partial charge in [-0.3, -0.25) is 10.00 Å². The van der Waals surface area contributed by atoms with Crippen LogP contribution in [0.1, 0.15) is 53.3 Å². The minimum absolute atomic E-state index is 0.0257. The molecule has 0 aliphatic carbocycles. The molecule has 0 radical (unpaired) electrons. The Morgan fingerprint density at radius 2 is 1.83 bits per heavy atom. The molecule has 102 valence electrons. The maximum absolute atomic E-state index is 6.37. The van der Waals surface area contributed by atoms with Crippen LogP contribution in [0.2, 0.25) is 0 Å². The highest BCUT2D eigenvalue weighted by molar-refractivity contribution is 5.51. The predicted molar refractivity (Wildman–Crippen MR) is 74.2 cm³/mol. The van der Waals surface area contributed by atoms with Gasteiger partial charge >= 0.3 is 0 Å². The van der Waals surface area contributed by atoms with Gasteiger partial charge in [0, 0.05) is 16.6 Å². The van der Waals surface area contributed by atoms with Gasteiger partial charge in [0.25, 0.3) is 0 Å². The average molecular weight is 251 g/mol. The largest absolute Gasteiger partial charge is 0.339 e. The highest BCUT2D eigenvalue weighted by Crippen LogP contribution is 2.38. The van der Waals surface area contributed by atoms with E-state index >= 15 is 0 Å². The summed E-state index contributed by atoms with van der Waals surface area (Å²) >= 11 is 0. The number of rotatable bonds is 0. The molecule has 1 aromatic heterocycles. The van der Waals surface area contributed by atoms with Crippen LogP contribution in [-0.2, 0) is 0 Å². The molecule has 0 saturated carbocycles. The second-order valence-electron chi connectivity index (χ2n) is 7.00. The summed E-state index contributed by atoms with van der Waals surface area (Å²) in [6.07, 6.45) is 1.74. The number of nitrogens with one attached hydrogen (secondary N) is 1. The van der Waals surface area contributed by atoms with Crippen molar-refractivity contribution in [1.82, 2.24) is 15.1 Å². The lowest BCUT2D eigenvalue weighted by atomic mass is 9.99. The van der Waals surface area contributed by atoms with Crippen molar-refractivity contribution < 1.29 is 0 Å². The van der Waals surface area contributed by atoms with Gasteiger partial charge < -0.3 is 10.6 Å². The van der Waals surface area contributed by atoms with Crippen molar-refractivity contribution >= 4 is 5.82 Å². The highest BCUT2D eigenvalue weighted by atomic mass is 15.5. The van der Waals surface area contributed by atoms with E-state index in [1.807, 2.05) is 6.20 Å². The van der Waals surface area contributed by atoms with Gasteiger partial charge in [0.2, 0.25) is 0 Å². The van der Waals surface area contributed by atoms with Gasteiger partial charge in [-0.15, -0.1) is 0 Å². The third kappa shape index (κ3) is 2.12. The van der Waals surface area contributed by atoms with Crippen molar-refractivity contribution in [3.8, 4) is 0 Å². The third-order valence-corrected chi connectivity index (χ3v) is 3.54. The van der Waals surface area contributed by atoms with Gasteiger partial charge in [0.05, 0.1) is 19.0 Å². The molecular formula is C13H25N5. The molecule has 0 bridgehead atoms. The topological polar surface area (TPSA) is 61.2 Å². The number of fused-ring (bicyclic) bond motifs is 1. The molecule has 0 fully saturated rings. The first kappa shape index (κ1) is 13.4. The Kier molecular flexibility index (Phi) is 2.94. The number of anilines is 1. The van der Waals surface area contributed by atoms with Gasteiger partial charge in [0.15, 0.2) is 0 Å². The molecule has 2 rings (SSSR count). The van der Waals surface area contributed by atoms with Crippen LogP contribution in [0.25, 0.3) is 0 Å². The van der Waals surface area contributed by atoms with Crippen molar-refractivity contribution in [2.75, 3.05) is 11.6 Å². The van der Waals surface area contributed by atoms with Gasteiger partial charge in [-0.1, -0.05) is 0 Å². The van der Waals surface area contributed by atoms with Crippen LogP contribution in [0.15, 0.2) is 6.20 Å². The zero-order valence-electron chi connectivity index (χ0n) is 12.3. The Hall–Kier alpha value is -1.07. The van der Waals surface area contributed by atoms with Crippen molar-refractivity contribution in [1.29, 1.82) is 0 Å². The maximum Gasteiger partial charge on any atom is 0.131 e. The second-order valence-corrected chi connectivity index (χ2v) is 7.00. The number of H-pyrrole nitrogens is 1. The predicted octanol–water partition coefficient (Wildman–Crippen LogP) is 2.04. The summed E-state index contributed by atoms with van der Waals surface area (Å²) in [4.78, 5) is 4.63. The molecule has 5 nitrogen and oxygen atoms in total. The molecule has 0 saturated heterocycles. The molecule has 1 aliphatic rings. The molecule has 0 amide bonds. The van der Waals surface area contributed by atoms with Crippen LogP contribution in [-0.4, -0.2) is 32.8 Å². The lowest BCUT2D eigenvalue weighted by Crippen LogP contribution is -2.59. The van der Waals surface area contributed by atoms with Crippen molar-refractivity contribution in [2.45, 2.75) is 58.8 Å². The number of hydrogen-bond donors (Lipinski definition) is 2. The zero-order chi connectivity index (χ0) is 13.7. The van der Waals surface area contributed by atoms with Crippen LogP contribution in [0, 0.1) is 0 Å². The van der Waals surface area contributed by atoms with Crippen LogP contribution in [0.4, 0.5) is 5.82 Å². The second kappa shape index (κ2) is 3.96. The van der Waals surface area contributed by atoms with E-state index in [1.54, 1.807) is 0 Å². The Labute approximate surface area is 109 Å². The maximum atomic E-state index is 6.37. The summed E-state index contributed by atoms with van der Waals surface area (Å²) in [5.74, 6) is 1.05. The summed E-state index contributed by atoms with van der Waals surface area (Å²) in [5.41, 5.74) is 7.50. The van der Waals surface area contributed by atoms with Crippen LogP contribution in [0.5, 0.6) is 0 Å². The summed E-state index contributed by atoms with van der Waals surface area (Å²) in [7, 11) is 0. The number of nitrogens with two attached hydrogens (primary N) is 1.